The number of ether oxygens (including phenoxy) is 1. The number of piperidine rings is 1. The van der Waals surface area contributed by atoms with Crippen LogP contribution >= 0.6 is 11.6 Å². The van der Waals surface area contributed by atoms with E-state index in [4.69, 9.17) is 16.3 Å². The zero-order valence-electron chi connectivity index (χ0n) is 17.0. The Balaban J connectivity index is 1.77. The smallest absolute Gasteiger partial charge is 0.271 e. The second-order valence-corrected chi connectivity index (χ2v) is 9.59. The van der Waals surface area contributed by atoms with E-state index in [2.05, 4.69) is 5.32 Å². The zero-order valence-corrected chi connectivity index (χ0v) is 18.6. The average Bonchev–Trinajstić information content (AvgIpc) is 2.75. The molecule has 3 rings (SSSR count). The fourth-order valence-corrected chi connectivity index (χ4v) is 5.30. The molecule has 0 saturated carbocycles. The first kappa shape index (κ1) is 23.0. The Morgan fingerprint density at radius 1 is 1.29 bits per heavy atom. The van der Waals surface area contributed by atoms with Crippen LogP contribution < -0.4 is 10.1 Å². The highest BCUT2D eigenvalue weighted by molar-refractivity contribution is 7.89. The predicted molar refractivity (Wildman–Crippen MR) is 116 cm³/mol. The molecule has 1 aliphatic heterocycles. The van der Waals surface area contributed by atoms with Gasteiger partial charge in [0.2, 0.25) is 15.9 Å². The van der Waals surface area contributed by atoms with Crippen LogP contribution in [0.25, 0.3) is 0 Å². The van der Waals surface area contributed by atoms with Crippen LogP contribution in [0.1, 0.15) is 18.4 Å². The summed E-state index contributed by atoms with van der Waals surface area (Å²) in [5.74, 6) is -0.601. The van der Waals surface area contributed by atoms with Crippen molar-refractivity contribution >= 4 is 38.9 Å². The van der Waals surface area contributed by atoms with Gasteiger partial charge in [0.05, 0.1) is 33.6 Å². The Bertz CT molecular complexity index is 1120. The van der Waals surface area contributed by atoms with E-state index in [0.29, 0.717) is 29.8 Å². The molecule has 1 amide bonds. The lowest BCUT2D eigenvalue weighted by Gasteiger charge is -2.31. The summed E-state index contributed by atoms with van der Waals surface area (Å²) in [6.45, 7) is 2.02. The lowest BCUT2D eigenvalue weighted by molar-refractivity contribution is -0.384. The number of hydrogen-bond donors (Lipinski definition) is 1. The van der Waals surface area contributed by atoms with E-state index in [-0.39, 0.29) is 34.6 Å². The Kier molecular flexibility index (Phi) is 6.83. The molecule has 0 spiro atoms. The van der Waals surface area contributed by atoms with Crippen molar-refractivity contribution in [2.45, 2.75) is 24.7 Å². The van der Waals surface area contributed by atoms with E-state index < -0.39 is 20.9 Å². The predicted octanol–water partition coefficient (Wildman–Crippen LogP) is 3.60. The summed E-state index contributed by atoms with van der Waals surface area (Å²) in [6.07, 6.45) is 1.02. The number of amides is 1. The van der Waals surface area contributed by atoms with Crippen molar-refractivity contribution in [2.24, 2.45) is 5.92 Å². The van der Waals surface area contributed by atoms with Crippen molar-refractivity contribution in [1.29, 1.82) is 0 Å². The first-order valence-corrected chi connectivity index (χ1v) is 11.3. The number of nitrogens with zero attached hydrogens (tertiary/aromatic N) is 2. The molecular weight excluding hydrogens is 446 g/mol. The van der Waals surface area contributed by atoms with Gasteiger partial charge in [0.1, 0.15) is 5.75 Å². The topological polar surface area (TPSA) is 119 Å². The summed E-state index contributed by atoms with van der Waals surface area (Å²) in [6, 6.07) is 8.43. The van der Waals surface area contributed by atoms with Gasteiger partial charge in [-0.15, -0.1) is 0 Å². The highest BCUT2D eigenvalue weighted by Gasteiger charge is 2.34. The number of carbonyl (C=O) groups excluding carboxylic acids is 1. The molecule has 1 unspecified atom stereocenters. The number of benzene rings is 2. The van der Waals surface area contributed by atoms with Crippen LogP contribution in [0.2, 0.25) is 5.02 Å². The fourth-order valence-electron chi connectivity index (χ4n) is 3.42. The first-order valence-electron chi connectivity index (χ1n) is 9.53. The number of methoxy groups -OCH3 is 1. The Hall–Kier alpha value is -2.69. The zero-order chi connectivity index (χ0) is 22.8. The van der Waals surface area contributed by atoms with E-state index in [1.54, 1.807) is 13.0 Å². The summed E-state index contributed by atoms with van der Waals surface area (Å²) < 4.78 is 32.4. The third-order valence-electron chi connectivity index (χ3n) is 5.21. The van der Waals surface area contributed by atoms with Crippen LogP contribution in [-0.2, 0) is 14.8 Å². The highest BCUT2D eigenvalue weighted by atomic mass is 35.5. The number of halogens is 1. The summed E-state index contributed by atoms with van der Waals surface area (Å²) in [4.78, 5) is 23.3. The molecule has 0 radical (unpaired) electrons. The van der Waals surface area contributed by atoms with Gasteiger partial charge in [-0.1, -0.05) is 17.7 Å². The van der Waals surface area contributed by atoms with Gasteiger partial charge in [-0.05, 0) is 43.5 Å². The number of sulfonamides is 1. The minimum Gasteiger partial charge on any atom is -0.495 e. The van der Waals surface area contributed by atoms with Crippen molar-refractivity contribution in [3.8, 4) is 5.75 Å². The van der Waals surface area contributed by atoms with E-state index in [0.717, 1.165) is 0 Å². The summed E-state index contributed by atoms with van der Waals surface area (Å²) in [5, 5.41) is 13.9. The van der Waals surface area contributed by atoms with Gasteiger partial charge in [0, 0.05) is 25.2 Å². The molecule has 1 N–H and O–H groups in total. The fraction of sp³-hybridized carbons (Fsp3) is 0.350. The van der Waals surface area contributed by atoms with Gasteiger partial charge in [0.15, 0.2) is 0 Å². The van der Waals surface area contributed by atoms with Crippen molar-refractivity contribution < 1.29 is 22.9 Å². The molecule has 0 aliphatic carbocycles. The molecule has 1 fully saturated rings. The summed E-state index contributed by atoms with van der Waals surface area (Å²) in [7, 11) is -2.41. The highest BCUT2D eigenvalue weighted by Crippen LogP contribution is 2.31. The Morgan fingerprint density at radius 2 is 2.03 bits per heavy atom. The molecule has 166 valence electrons. The molecule has 1 aliphatic rings. The molecule has 2 aromatic rings. The van der Waals surface area contributed by atoms with Gasteiger partial charge >= 0.3 is 0 Å². The number of anilines is 1. The van der Waals surface area contributed by atoms with Gasteiger partial charge < -0.3 is 10.1 Å². The molecule has 1 saturated heterocycles. The van der Waals surface area contributed by atoms with Crippen LogP contribution in [0.3, 0.4) is 0 Å². The molecule has 0 aromatic heterocycles. The van der Waals surface area contributed by atoms with Crippen LogP contribution in [0.4, 0.5) is 11.4 Å². The standard InChI is InChI=1S/C20H22ClN3O6S/c1-13-5-6-15(24(26)27)10-18(13)22-20(25)14-4-3-9-23(12-14)31(28,29)16-7-8-19(30-2)17(21)11-16/h5-8,10-11,14H,3-4,9,12H2,1-2H3,(H,22,25). The molecule has 11 heteroatoms. The lowest BCUT2D eigenvalue weighted by atomic mass is 9.98. The number of nitro benzene ring substituents is 1. The largest absolute Gasteiger partial charge is 0.495 e. The second kappa shape index (κ2) is 9.21. The Labute approximate surface area is 185 Å². The third-order valence-corrected chi connectivity index (χ3v) is 7.36. The molecule has 2 aromatic carbocycles. The first-order chi connectivity index (χ1) is 14.6. The number of aryl methyl sites for hydroxylation is 1. The van der Waals surface area contributed by atoms with Crippen LogP contribution in [0.5, 0.6) is 5.75 Å². The van der Waals surface area contributed by atoms with Crippen LogP contribution in [-0.4, -0.2) is 43.8 Å². The molecule has 1 atom stereocenters. The van der Waals surface area contributed by atoms with Crippen molar-refractivity contribution in [1.82, 2.24) is 4.31 Å². The number of nitrogens with one attached hydrogen (secondary N) is 1. The van der Waals surface area contributed by atoms with Gasteiger partial charge in [-0.25, -0.2) is 8.42 Å². The molecule has 31 heavy (non-hydrogen) atoms. The van der Waals surface area contributed by atoms with Crippen molar-refractivity contribution in [3.05, 3.63) is 57.1 Å². The Morgan fingerprint density at radius 3 is 2.68 bits per heavy atom. The van der Waals surface area contributed by atoms with Crippen molar-refractivity contribution in [2.75, 3.05) is 25.5 Å². The van der Waals surface area contributed by atoms with E-state index in [1.807, 2.05) is 0 Å². The maximum atomic E-state index is 13.1. The van der Waals surface area contributed by atoms with Crippen LogP contribution in [0.15, 0.2) is 41.3 Å². The van der Waals surface area contributed by atoms with E-state index in [9.17, 15) is 23.3 Å². The molecule has 9 nitrogen and oxygen atoms in total. The summed E-state index contributed by atoms with van der Waals surface area (Å²) in [5.41, 5.74) is 0.873. The maximum Gasteiger partial charge on any atom is 0.271 e. The second-order valence-electron chi connectivity index (χ2n) is 7.24. The van der Waals surface area contributed by atoms with E-state index in [1.165, 1.54) is 41.7 Å². The average molecular weight is 468 g/mol. The van der Waals surface area contributed by atoms with Gasteiger partial charge in [-0.3, -0.25) is 14.9 Å². The van der Waals surface area contributed by atoms with Gasteiger partial charge in [-0.2, -0.15) is 4.31 Å². The maximum absolute atomic E-state index is 13.1. The quantitative estimate of drug-likeness (QED) is 0.512. The number of non-ortho nitro benzene ring substituents is 1. The van der Waals surface area contributed by atoms with Gasteiger partial charge in [0.25, 0.3) is 5.69 Å². The number of hydrogen-bond acceptors (Lipinski definition) is 6. The molecule has 0 bridgehead atoms. The number of nitro groups is 1. The number of rotatable bonds is 6. The van der Waals surface area contributed by atoms with E-state index >= 15 is 0 Å². The lowest BCUT2D eigenvalue weighted by Crippen LogP contribution is -2.43. The number of carbonyl (C=O) groups is 1. The SMILES string of the molecule is COc1ccc(S(=O)(=O)N2CCCC(C(=O)Nc3cc([N+](=O)[O-])ccc3C)C2)cc1Cl. The van der Waals surface area contributed by atoms with Crippen molar-refractivity contribution in [3.63, 3.8) is 0 Å². The summed E-state index contributed by atoms with van der Waals surface area (Å²) >= 11 is 6.07. The minimum atomic E-state index is -3.85. The third kappa shape index (κ3) is 4.97. The molecular formula is C20H22ClN3O6S. The normalized spacial score (nSPS) is 17.2. The van der Waals surface area contributed by atoms with Crippen LogP contribution in [0, 0.1) is 23.0 Å². The molecule has 1 heterocycles. The monoisotopic (exact) mass is 467 g/mol. The minimum absolute atomic E-state index is 0.00574.